The third-order valence-corrected chi connectivity index (χ3v) is 7.51. The van der Waals surface area contributed by atoms with Crippen molar-refractivity contribution in [1.82, 2.24) is 20.5 Å². The average molecular weight is 405 g/mol. The van der Waals surface area contributed by atoms with Crippen molar-refractivity contribution in [2.45, 2.75) is 63.6 Å². The van der Waals surface area contributed by atoms with Crippen LogP contribution in [0.15, 0.2) is 42.6 Å². The molecule has 5 rings (SSSR count). The first-order valence-corrected chi connectivity index (χ1v) is 12.1. The van der Waals surface area contributed by atoms with E-state index < -0.39 is 0 Å². The summed E-state index contributed by atoms with van der Waals surface area (Å²) in [5.41, 5.74) is 5.83. The van der Waals surface area contributed by atoms with Crippen molar-refractivity contribution < 1.29 is 0 Å². The van der Waals surface area contributed by atoms with Crippen LogP contribution in [0.3, 0.4) is 0 Å². The van der Waals surface area contributed by atoms with Gasteiger partial charge in [-0.2, -0.15) is 0 Å². The van der Waals surface area contributed by atoms with E-state index in [2.05, 4.69) is 51.9 Å². The zero-order valence-electron chi connectivity index (χ0n) is 18.2. The van der Waals surface area contributed by atoms with Gasteiger partial charge in [-0.3, -0.25) is 9.88 Å². The van der Waals surface area contributed by atoms with Gasteiger partial charge < -0.3 is 10.6 Å². The molecule has 2 atom stereocenters. The highest BCUT2D eigenvalue weighted by atomic mass is 15.2. The van der Waals surface area contributed by atoms with Gasteiger partial charge in [-0.25, -0.2) is 0 Å². The highest BCUT2D eigenvalue weighted by Crippen LogP contribution is 2.34. The first-order valence-electron chi connectivity index (χ1n) is 12.1. The van der Waals surface area contributed by atoms with Crippen molar-refractivity contribution in [2.75, 3.05) is 26.2 Å². The Labute approximate surface area is 181 Å². The van der Waals surface area contributed by atoms with Crippen LogP contribution in [0.25, 0.3) is 0 Å². The van der Waals surface area contributed by atoms with Crippen LogP contribution < -0.4 is 10.6 Å². The Morgan fingerprint density at radius 1 is 0.967 bits per heavy atom. The second kappa shape index (κ2) is 9.59. The molecule has 1 saturated heterocycles. The van der Waals surface area contributed by atoms with E-state index in [1.165, 1.54) is 80.5 Å². The number of aromatic nitrogens is 1. The number of fused-ring (bicyclic) bond motifs is 2. The van der Waals surface area contributed by atoms with Crippen LogP contribution in [-0.2, 0) is 19.4 Å². The lowest BCUT2D eigenvalue weighted by Crippen LogP contribution is -2.47. The predicted octanol–water partition coefficient (Wildman–Crippen LogP) is 3.87. The molecule has 2 aromatic rings. The lowest BCUT2D eigenvalue weighted by Gasteiger charge is -2.39. The van der Waals surface area contributed by atoms with Gasteiger partial charge in [0.15, 0.2) is 0 Å². The van der Waals surface area contributed by atoms with Crippen LogP contribution in [0.2, 0.25) is 0 Å². The highest BCUT2D eigenvalue weighted by molar-refractivity contribution is 5.30. The van der Waals surface area contributed by atoms with Gasteiger partial charge in [0.05, 0.1) is 11.7 Å². The van der Waals surface area contributed by atoms with Gasteiger partial charge in [0, 0.05) is 25.3 Å². The van der Waals surface area contributed by atoms with E-state index in [9.17, 15) is 0 Å². The maximum Gasteiger partial charge on any atom is 0.0607 e. The molecule has 160 valence electrons. The van der Waals surface area contributed by atoms with E-state index in [0.29, 0.717) is 12.1 Å². The van der Waals surface area contributed by atoms with Gasteiger partial charge in [-0.05, 0) is 93.3 Å². The number of aryl methyl sites for hydroxylation is 1. The highest BCUT2D eigenvalue weighted by Gasteiger charge is 2.30. The Morgan fingerprint density at radius 3 is 2.70 bits per heavy atom. The van der Waals surface area contributed by atoms with E-state index in [4.69, 9.17) is 4.98 Å². The van der Waals surface area contributed by atoms with Crippen LogP contribution in [0.5, 0.6) is 0 Å². The molecule has 3 aliphatic rings. The number of nitrogens with one attached hydrogen (secondary N) is 2. The molecule has 2 N–H and O–H groups in total. The predicted molar refractivity (Wildman–Crippen MR) is 122 cm³/mol. The summed E-state index contributed by atoms with van der Waals surface area (Å²) in [4.78, 5) is 7.66. The second-order valence-electron chi connectivity index (χ2n) is 9.48. The Morgan fingerprint density at radius 2 is 1.80 bits per heavy atom. The van der Waals surface area contributed by atoms with Crippen molar-refractivity contribution in [2.24, 2.45) is 5.92 Å². The Hall–Kier alpha value is -1.75. The molecule has 0 spiro atoms. The van der Waals surface area contributed by atoms with Crippen molar-refractivity contribution in [3.63, 3.8) is 0 Å². The fourth-order valence-electron chi connectivity index (χ4n) is 5.77. The zero-order chi connectivity index (χ0) is 20.2. The van der Waals surface area contributed by atoms with E-state index in [1.54, 1.807) is 0 Å². The summed E-state index contributed by atoms with van der Waals surface area (Å²) in [6.07, 6.45) is 10.9. The lowest BCUT2D eigenvalue weighted by molar-refractivity contribution is 0.139. The Bertz CT molecular complexity index is 829. The summed E-state index contributed by atoms with van der Waals surface area (Å²) >= 11 is 0. The summed E-state index contributed by atoms with van der Waals surface area (Å²) in [6, 6.07) is 14.4. The Kier molecular flexibility index (Phi) is 6.45. The molecule has 1 aromatic heterocycles. The van der Waals surface area contributed by atoms with Crippen LogP contribution in [-0.4, -0.2) is 42.1 Å². The van der Waals surface area contributed by atoms with E-state index in [-0.39, 0.29) is 0 Å². The quantitative estimate of drug-likeness (QED) is 0.767. The number of rotatable bonds is 6. The molecule has 1 fully saturated rings. The largest absolute Gasteiger partial charge is 0.317 e. The minimum Gasteiger partial charge on any atom is -0.317 e. The molecule has 0 amide bonds. The molecule has 30 heavy (non-hydrogen) atoms. The zero-order valence-corrected chi connectivity index (χ0v) is 18.2. The molecule has 0 unspecified atom stereocenters. The van der Waals surface area contributed by atoms with Crippen molar-refractivity contribution in [3.8, 4) is 0 Å². The number of piperidine rings is 1. The third-order valence-electron chi connectivity index (χ3n) is 7.51. The van der Waals surface area contributed by atoms with Crippen LogP contribution in [0.4, 0.5) is 0 Å². The SMILES string of the molecule is c1ccc2c(c1)CN[C@@H](CN(CCC1CCNCC1)[C@H]1CCCc3cccnc31)C2. The van der Waals surface area contributed by atoms with Gasteiger partial charge >= 0.3 is 0 Å². The fourth-order valence-corrected chi connectivity index (χ4v) is 5.77. The number of nitrogens with zero attached hydrogens (tertiary/aromatic N) is 2. The second-order valence-corrected chi connectivity index (χ2v) is 9.48. The van der Waals surface area contributed by atoms with E-state index in [0.717, 1.165) is 25.4 Å². The van der Waals surface area contributed by atoms with Crippen LogP contribution >= 0.6 is 0 Å². The number of hydrogen-bond donors (Lipinski definition) is 2. The van der Waals surface area contributed by atoms with Gasteiger partial charge in [0.1, 0.15) is 0 Å². The molecule has 3 heterocycles. The standard InChI is InChI=1S/C26H36N4/c1-2-6-23-18-29-24(17-22(23)5-1)19-30(16-12-20-10-14-27-15-11-20)25-9-3-7-21-8-4-13-28-26(21)25/h1-2,4-6,8,13,20,24-25,27,29H,3,7,9-12,14-19H2/t24-,25+/m1/s1. The molecule has 1 aromatic carbocycles. The van der Waals surface area contributed by atoms with Crippen molar-refractivity contribution >= 4 is 0 Å². The fraction of sp³-hybridized carbons (Fsp3) is 0.577. The topological polar surface area (TPSA) is 40.2 Å². The van der Waals surface area contributed by atoms with Crippen molar-refractivity contribution in [1.29, 1.82) is 0 Å². The van der Waals surface area contributed by atoms with Crippen molar-refractivity contribution in [3.05, 3.63) is 65.0 Å². The molecule has 2 aliphatic heterocycles. The molecule has 0 radical (unpaired) electrons. The van der Waals surface area contributed by atoms with Gasteiger partial charge in [0.25, 0.3) is 0 Å². The summed E-state index contributed by atoms with van der Waals surface area (Å²) in [7, 11) is 0. The first kappa shape index (κ1) is 20.2. The van der Waals surface area contributed by atoms with E-state index in [1.807, 2.05) is 6.20 Å². The van der Waals surface area contributed by atoms with Gasteiger partial charge in [-0.1, -0.05) is 30.3 Å². The summed E-state index contributed by atoms with van der Waals surface area (Å²) in [6.45, 7) is 5.71. The summed E-state index contributed by atoms with van der Waals surface area (Å²) in [5.74, 6) is 0.876. The average Bonchev–Trinajstić information content (AvgIpc) is 2.82. The number of hydrogen-bond acceptors (Lipinski definition) is 4. The summed E-state index contributed by atoms with van der Waals surface area (Å²) in [5, 5.41) is 7.35. The molecule has 4 nitrogen and oxygen atoms in total. The lowest BCUT2D eigenvalue weighted by atomic mass is 9.88. The molecular formula is C26H36N4. The first-order chi connectivity index (χ1) is 14.9. The van der Waals surface area contributed by atoms with Gasteiger partial charge in [0.2, 0.25) is 0 Å². The molecule has 0 saturated carbocycles. The molecular weight excluding hydrogens is 368 g/mol. The maximum absolute atomic E-state index is 4.87. The summed E-state index contributed by atoms with van der Waals surface area (Å²) < 4.78 is 0. The minimum absolute atomic E-state index is 0.482. The molecule has 1 aliphatic carbocycles. The van der Waals surface area contributed by atoms with Crippen LogP contribution in [0, 0.1) is 5.92 Å². The van der Waals surface area contributed by atoms with Crippen LogP contribution in [0.1, 0.15) is 60.5 Å². The molecule has 0 bridgehead atoms. The van der Waals surface area contributed by atoms with Gasteiger partial charge in [-0.15, -0.1) is 0 Å². The number of benzene rings is 1. The smallest absolute Gasteiger partial charge is 0.0607 e. The molecule has 4 heteroatoms. The monoisotopic (exact) mass is 404 g/mol. The Balaban J connectivity index is 1.32. The maximum atomic E-state index is 4.87. The normalized spacial score (nSPS) is 24.4. The third kappa shape index (κ3) is 4.61. The number of pyridine rings is 1. The van der Waals surface area contributed by atoms with E-state index >= 15 is 0 Å². The minimum atomic E-state index is 0.482.